The normalized spacial score (nSPS) is 11.0. The van der Waals surface area contributed by atoms with Gasteiger partial charge in [0.15, 0.2) is 0 Å². The van der Waals surface area contributed by atoms with Crippen LogP contribution in [0.1, 0.15) is 11.7 Å². The van der Waals surface area contributed by atoms with Gasteiger partial charge in [0.05, 0.1) is 11.2 Å². The first-order valence-electron chi connectivity index (χ1n) is 7.95. The van der Waals surface area contributed by atoms with Crippen molar-refractivity contribution in [2.45, 2.75) is 6.92 Å². The van der Waals surface area contributed by atoms with Crippen LogP contribution in [0.2, 0.25) is 0 Å². The zero-order chi connectivity index (χ0) is 16.7. The number of carbonyl (C=O) groups is 1. The van der Waals surface area contributed by atoms with Crippen LogP contribution in [0.25, 0.3) is 32.9 Å². The van der Waals surface area contributed by atoms with E-state index in [0.29, 0.717) is 5.57 Å². The Labute approximate surface area is 140 Å². The van der Waals surface area contributed by atoms with Crippen LogP contribution in [0.4, 0.5) is 0 Å². The molecular formula is C22H17NO. The van der Waals surface area contributed by atoms with Gasteiger partial charge in [0.2, 0.25) is 0 Å². The molecule has 0 radical (unpaired) electrons. The number of aromatic nitrogens is 1. The van der Waals surface area contributed by atoms with Gasteiger partial charge in [-0.3, -0.25) is 9.36 Å². The second kappa shape index (κ2) is 5.50. The zero-order valence-corrected chi connectivity index (χ0v) is 13.5. The van der Waals surface area contributed by atoms with Crippen LogP contribution in [0, 0.1) is 0 Å². The minimum Gasteiger partial charge on any atom is -0.275 e. The van der Waals surface area contributed by atoms with E-state index in [1.165, 1.54) is 0 Å². The Morgan fingerprint density at radius 2 is 1.54 bits per heavy atom. The van der Waals surface area contributed by atoms with E-state index in [1.54, 1.807) is 11.5 Å². The Bertz CT molecular complexity index is 1090. The van der Waals surface area contributed by atoms with Gasteiger partial charge in [0.25, 0.3) is 5.91 Å². The molecule has 0 amide bonds. The molecule has 0 fully saturated rings. The summed E-state index contributed by atoms with van der Waals surface area (Å²) in [5, 5.41) is 3.26. The fourth-order valence-corrected chi connectivity index (χ4v) is 3.19. The Morgan fingerprint density at radius 3 is 2.29 bits per heavy atom. The molecule has 0 aliphatic rings. The summed E-state index contributed by atoms with van der Waals surface area (Å²) in [6.07, 6.45) is 0. The molecule has 0 bridgehead atoms. The number of hydrogen-bond acceptors (Lipinski definition) is 1. The lowest BCUT2D eigenvalue weighted by Gasteiger charge is -2.11. The summed E-state index contributed by atoms with van der Waals surface area (Å²) in [5.74, 6) is -0.0693. The first kappa shape index (κ1) is 14.5. The standard InChI is InChI=1S/C22H17NO/c1-15(2)22(24)23-20(17-9-4-3-5-10-17)14-18-13-12-16-8-6-7-11-19(16)21(18)23/h3-14H,1H2,2H3. The van der Waals surface area contributed by atoms with Crippen LogP contribution in [0.3, 0.4) is 0 Å². The van der Waals surface area contributed by atoms with Gasteiger partial charge < -0.3 is 0 Å². The summed E-state index contributed by atoms with van der Waals surface area (Å²) in [6.45, 7) is 5.62. The van der Waals surface area contributed by atoms with Crippen molar-refractivity contribution in [1.82, 2.24) is 4.57 Å². The number of allylic oxidation sites excluding steroid dienone is 1. The van der Waals surface area contributed by atoms with E-state index in [0.717, 1.165) is 32.9 Å². The van der Waals surface area contributed by atoms with Gasteiger partial charge >= 0.3 is 0 Å². The maximum absolute atomic E-state index is 12.9. The van der Waals surface area contributed by atoms with Crippen molar-refractivity contribution in [2.75, 3.05) is 0 Å². The van der Waals surface area contributed by atoms with Gasteiger partial charge in [0.1, 0.15) is 0 Å². The van der Waals surface area contributed by atoms with Gasteiger partial charge in [-0.05, 0) is 23.9 Å². The van der Waals surface area contributed by atoms with Crippen molar-refractivity contribution in [2.24, 2.45) is 0 Å². The van der Waals surface area contributed by atoms with Gasteiger partial charge in [0, 0.05) is 16.3 Å². The highest BCUT2D eigenvalue weighted by Gasteiger charge is 2.18. The van der Waals surface area contributed by atoms with Crippen LogP contribution < -0.4 is 0 Å². The molecule has 3 aromatic carbocycles. The molecule has 4 aromatic rings. The second-order valence-corrected chi connectivity index (χ2v) is 6.04. The lowest BCUT2D eigenvalue weighted by atomic mass is 10.1. The maximum Gasteiger partial charge on any atom is 0.257 e. The molecule has 0 saturated carbocycles. The third-order valence-corrected chi connectivity index (χ3v) is 4.33. The van der Waals surface area contributed by atoms with E-state index in [-0.39, 0.29) is 5.91 Å². The number of hydrogen-bond donors (Lipinski definition) is 0. The minimum atomic E-state index is -0.0693. The largest absolute Gasteiger partial charge is 0.275 e. The van der Waals surface area contributed by atoms with Crippen molar-refractivity contribution in [1.29, 1.82) is 0 Å². The summed E-state index contributed by atoms with van der Waals surface area (Å²) >= 11 is 0. The van der Waals surface area contributed by atoms with Gasteiger partial charge in [-0.1, -0.05) is 73.3 Å². The molecule has 2 nitrogen and oxygen atoms in total. The van der Waals surface area contributed by atoms with Crippen molar-refractivity contribution in [3.05, 3.63) is 84.9 Å². The summed E-state index contributed by atoms with van der Waals surface area (Å²) < 4.78 is 1.80. The second-order valence-electron chi connectivity index (χ2n) is 6.04. The molecule has 0 N–H and O–H groups in total. The van der Waals surface area contributed by atoms with E-state index >= 15 is 0 Å². The van der Waals surface area contributed by atoms with Crippen LogP contribution in [0.15, 0.2) is 84.9 Å². The third kappa shape index (κ3) is 2.16. The fourth-order valence-electron chi connectivity index (χ4n) is 3.19. The van der Waals surface area contributed by atoms with E-state index in [4.69, 9.17) is 0 Å². The molecule has 0 saturated heterocycles. The molecule has 4 rings (SSSR count). The van der Waals surface area contributed by atoms with E-state index in [2.05, 4.69) is 36.9 Å². The summed E-state index contributed by atoms with van der Waals surface area (Å²) in [5.41, 5.74) is 3.39. The van der Waals surface area contributed by atoms with Gasteiger partial charge in [-0.25, -0.2) is 0 Å². The summed E-state index contributed by atoms with van der Waals surface area (Å²) in [4.78, 5) is 12.9. The third-order valence-electron chi connectivity index (χ3n) is 4.33. The SMILES string of the molecule is C=C(C)C(=O)n1c(-c2ccccc2)cc2ccc3ccccc3c21. The molecule has 0 aliphatic heterocycles. The highest BCUT2D eigenvalue weighted by atomic mass is 16.2. The maximum atomic E-state index is 12.9. The highest BCUT2D eigenvalue weighted by Crippen LogP contribution is 2.33. The monoisotopic (exact) mass is 311 g/mol. The van der Waals surface area contributed by atoms with Crippen molar-refractivity contribution in [3.8, 4) is 11.3 Å². The number of nitrogens with zero attached hydrogens (tertiary/aromatic N) is 1. The Kier molecular flexibility index (Phi) is 3.31. The van der Waals surface area contributed by atoms with E-state index in [9.17, 15) is 4.79 Å². The molecule has 0 spiro atoms. The Morgan fingerprint density at radius 1 is 0.875 bits per heavy atom. The first-order valence-corrected chi connectivity index (χ1v) is 7.95. The minimum absolute atomic E-state index is 0.0693. The van der Waals surface area contributed by atoms with E-state index < -0.39 is 0 Å². The average Bonchev–Trinajstić information content (AvgIpc) is 3.01. The molecule has 0 aliphatic carbocycles. The molecule has 0 unspecified atom stereocenters. The lowest BCUT2D eigenvalue weighted by Crippen LogP contribution is -2.12. The van der Waals surface area contributed by atoms with Crippen LogP contribution >= 0.6 is 0 Å². The fraction of sp³-hybridized carbons (Fsp3) is 0.0455. The molecule has 116 valence electrons. The van der Waals surface area contributed by atoms with Gasteiger partial charge in [-0.15, -0.1) is 0 Å². The van der Waals surface area contributed by atoms with Crippen LogP contribution in [-0.2, 0) is 0 Å². The predicted octanol–water partition coefficient (Wildman–Crippen LogP) is 5.68. The average molecular weight is 311 g/mol. The van der Waals surface area contributed by atoms with Crippen LogP contribution in [-0.4, -0.2) is 10.5 Å². The lowest BCUT2D eigenvalue weighted by molar-refractivity contribution is 0.0962. The molecular weight excluding hydrogens is 294 g/mol. The Hall–Kier alpha value is -3.13. The molecule has 1 aromatic heterocycles. The smallest absolute Gasteiger partial charge is 0.257 e. The highest BCUT2D eigenvalue weighted by molar-refractivity contribution is 6.14. The summed E-state index contributed by atoms with van der Waals surface area (Å²) in [6, 6.07) is 24.4. The molecule has 24 heavy (non-hydrogen) atoms. The van der Waals surface area contributed by atoms with Crippen molar-refractivity contribution in [3.63, 3.8) is 0 Å². The number of carbonyl (C=O) groups excluding carboxylic acids is 1. The number of rotatable bonds is 2. The molecule has 0 atom stereocenters. The van der Waals surface area contributed by atoms with Gasteiger partial charge in [-0.2, -0.15) is 0 Å². The molecule has 2 heteroatoms. The number of benzene rings is 3. The van der Waals surface area contributed by atoms with Crippen molar-refractivity contribution < 1.29 is 4.79 Å². The number of fused-ring (bicyclic) bond motifs is 3. The van der Waals surface area contributed by atoms with Crippen LogP contribution in [0.5, 0.6) is 0 Å². The quantitative estimate of drug-likeness (QED) is 0.437. The molecule has 1 heterocycles. The predicted molar refractivity (Wildman–Crippen MR) is 100 cm³/mol. The van der Waals surface area contributed by atoms with E-state index in [1.807, 2.05) is 42.5 Å². The topological polar surface area (TPSA) is 22.0 Å². The van der Waals surface area contributed by atoms with Crippen molar-refractivity contribution >= 4 is 27.6 Å². The Balaban J connectivity index is 2.17. The zero-order valence-electron chi connectivity index (χ0n) is 13.5. The summed E-state index contributed by atoms with van der Waals surface area (Å²) in [7, 11) is 0. The first-order chi connectivity index (χ1) is 11.7.